The number of fused-ring (bicyclic) bond motifs is 1. The normalized spacial score (nSPS) is 21.5. The molecule has 2 N–H and O–H groups in total. The molecule has 1 amide bonds. The Morgan fingerprint density at radius 1 is 1.38 bits per heavy atom. The van der Waals surface area contributed by atoms with Crippen LogP contribution >= 0.6 is 0 Å². The molecule has 6 nitrogen and oxygen atoms in total. The van der Waals surface area contributed by atoms with E-state index in [4.69, 9.17) is 10.9 Å². The van der Waals surface area contributed by atoms with E-state index in [0.717, 1.165) is 23.6 Å². The van der Waals surface area contributed by atoms with Crippen LogP contribution in [0.25, 0.3) is 0 Å². The first-order valence-electron chi connectivity index (χ1n) is 6.84. The van der Waals surface area contributed by atoms with Crippen LogP contribution < -0.4 is 38.8 Å². The monoisotopic (exact) mass is 405 g/mol. The van der Waals surface area contributed by atoms with Gasteiger partial charge in [0.1, 0.15) is 0 Å². The van der Waals surface area contributed by atoms with E-state index in [0.29, 0.717) is 13.2 Å². The van der Waals surface area contributed by atoms with Crippen molar-refractivity contribution in [3.05, 3.63) is 23.8 Å². The summed E-state index contributed by atoms with van der Waals surface area (Å²) in [6.07, 6.45) is -0.432. The number of nitrogens with one attached hydrogen (secondary N) is 2. The van der Waals surface area contributed by atoms with Crippen LogP contribution in [0.2, 0.25) is 0 Å². The first-order valence-corrected chi connectivity index (χ1v) is 8.60. The van der Waals surface area contributed by atoms with Crippen molar-refractivity contribution in [2.45, 2.75) is 25.5 Å². The van der Waals surface area contributed by atoms with E-state index >= 15 is 0 Å². The fourth-order valence-electron chi connectivity index (χ4n) is 2.30. The summed E-state index contributed by atoms with van der Waals surface area (Å²) >= 11 is -0.681. The third-order valence-corrected chi connectivity index (χ3v) is 4.86. The molecule has 1 atom stereocenters. The summed E-state index contributed by atoms with van der Waals surface area (Å²) in [7, 11) is 0. The van der Waals surface area contributed by atoms with E-state index in [-0.39, 0.29) is 5.91 Å². The number of halogens is 1. The second kappa shape index (κ2) is 5.98. The zero-order valence-electron chi connectivity index (χ0n) is 11.9. The van der Waals surface area contributed by atoms with Gasteiger partial charge in [-0.1, -0.05) is 0 Å². The quantitative estimate of drug-likeness (QED) is 0.555. The second-order valence-electron chi connectivity index (χ2n) is 5.56. The molecular weight excluding hydrogens is 387 g/mol. The average Bonchev–Trinajstić information content (AvgIpc) is 2.95. The predicted molar refractivity (Wildman–Crippen MR) is 71.5 cm³/mol. The van der Waals surface area contributed by atoms with Crippen LogP contribution in [0, 0.1) is 0 Å². The topological polar surface area (TPSA) is 68.8 Å². The third-order valence-electron chi connectivity index (χ3n) is 3.55. The molecule has 2 aliphatic heterocycles. The van der Waals surface area contributed by atoms with Gasteiger partial charge in [0.15, 0.2) is 0 Å². The van der Waals surface area contributed by atoms with Crippen LogP contribution in [-0.2, 0) is 15.1 Å². The Bertz CT molecular complexity index is 544. The summed E-state index contributed by atoms with van der Waals surface area (Å²) in [5, 5.41) is 6.20. The summed E-state index contributed by atoms with van der Waals surface area (Å²) in [4.78, 5) is 12.3. The Morgan fingerprint density at radius 3 is 2.95 bits per heavy atom. The molecule has 0 radical (unpaired) electrons. The number of carbonyl (C=O) groups is 1. The van der Waals surface area contributed by atoms with Crippen molar-refractivity contribution in [1.82, 2.24) is 10.6 Å². The summed E-state index contributed by atoms with van der Waals surface area (Å²) in [6, 6.07) is 5.78. The Kier molecular flexibility index (Phi) is 4.23. The van der Waals surface area contributed by atoms with Gasteiger partial charge in [-0.3, -0.25) is 0 Å². The zero-order chi connectivity index (χ0) is 14.9. The maximum absolute atomic E-state index is 12.3. The van der Waals surface area contributed by atoms with Crippen LogP contribution in [0.1, 0.15) is 19.4 Å². The molecule has 1 unspecified atom stereocenters. The summed E-state index contributed by atoms with van der Waals surface area (Å²) in [6.45, 7) is 5.83. The molecule has 0 spiro atoms. The first kappa shape index (κ1) is 14.9. The molecule has 0 aliphatic carbocycles. The fourth-order valence-corrected chi connectivity index (χ4v) is 3.48. The molecule has 116 valence electrons. The molecule has 1 aromatic rings. The van der Waals surface area contributed by atoms with Crippen molar-refractivity contribution >= 4 is 5.91 Å². The van der Waals surface area contributed by atoms with Gasteiger partial charge >= 0.3 is 135 Å². The van der Waals surface area contributed by atoms with Gasteiger partial charge < -0.3 is 0 Å². The van der Waals surface area contributed by atoms with Crippen molar-refractivity contribution in [3.8, 4) is 11.5 Å². The minimum absolute atomic E-state index is 0.0997. The van der Waals surface area contributed by atoms with E-state index in [1.165, 1.54) is 0 Å². The molecule has 2 aliphatic rings. The van der Waals surface area contributed by atoms with E-state index in [1.807, 2.05) is 32.0 Å². The van der Waals surface area contributed by atoms with Crippen LogP contribution in [-0.4, -0.2) is 31.7 Å². The molecule has 1 saturated heterocycles. The predicted octanol–water partition coefficient (Wildman–Crippen LogP) is -2.28. The van der Waals surface area contributed by atoms with Gasteiger partial charge in [0.25, 0.3) is 0 Å². The maximum atomic E-state index is 12.3. The second-order valence-corrected chi connectivity index (χ2v) is 6.80. The van der Waals surface area contributed by atoms with Crippen molar-refractivity contribution in [2.75, 3.05) is 19.7 Å². The molecule has 1 aromatic carbocycles. The summed E-state index contributed by atoms with van der Waals surface area (Å²) < 4.78 is 16.4. The Labute approximate surface area is 134 Å². The van der Waals surface area contributed by atoms with Crippen molar-refractivity contribution < 1.29 is 37.7 Å². The van der Waals surface area contributed by atoms with Gasteiger partial charge in [-0.05, 0) is 0 Å². The number of hydrogen-bond donors (Lipinski definition) is 2. The van der Waals surface area contributed by atoms with Gasteiger partial charge in [0, 0.05) is 0 Å². The van der Waals surface area contributed by atoms with Gasteiger partial charge in [0.05, 0.1) is 0 Å². The van der Waals surface area contributed by atoms with Crippen LogP contribution in [0.15, 0.2) is 18.2 Å². The van der Waals surface area contributed by atoms with Crippen molar-refractivity contribution in [2.24, 2.45) is 0 Å². The molecule has 3 rings (SSSR count). The molecule has 0 bridgehead atoms. The molecule has 2 heterocycles. The number of hydrogen-bond acceptors (Lipinski definition) is 5. The van der Waals surface area contributed by atoms with E-state index in [2.05, 4.69) is 10.6 Å². The third kappa shape index (κ3) is 3.24. The van der Waals surface area contributed by atoms with Crippen molar-refractivity contribution in [1.29, 1.82) is 0 Å². The minimum atomic E-state index is -0.681. The molecular formula is C14H18IN2O4-. The molecule has 0 aromatic heterocycles. The standard InChI is InChI=1S/C14H18IN2O4/c1-14(2,17-13(18)12-8-16-5-6-19-12)9-3-4-10-11(7-9)21-15-20-10/h3-4,7,12,16H,5-6,8H2,1-2H3,(H,17,18)/q-1. The average molecular weight is 405 g/mol. The number of benzene rings is 1. The van der Waals surface area contributed by atoms with E-state index in [9.17, 15) is 4.79 Å². The van der Waals surface area contributed by atoms with Crippen molar-refractivity contribution in [3.63, 3.8) is 0 Å². The number of morpholine rings is 1. The number of ether oxygens (including phenoxy) is 1. The zero-order valence-corrected chi connectivity index (χ0v) is 14.1. The number of rotatable bonds is 3. The molecule has 0 saturated carbocycles. The van der Waals surface area contributed by atoms with Gasteiger partial charge in [0.2, 0.25) is 0 Å². The Balaban J connectivity index is 1.72. The van der Waals surface area contributed by atoms with Crippen LogP contribution in [0.5, 0.6) is 11.5 Å². The van der Waals surface area contributed by atoms with Crippen LogP contribution in [0.4, 0.5) is 0 Å². The summed E-state index contributed by atoms with van der Waals surface area (Å²) in [5.41, 5.74) is 0.477. The fraction of sp³-hybridized carbons (Fsp3) is 0.500. The van der Waals surface area contributed by atoms with Crippen LogP contribution in [0.3, 0.4) is 0 Å². The molecule has 1 fully saturated rings. The van der Waals surface area contributed by atoms with Gasteiger partial charge in [-0.25, -0.2) is 0 Å². The number of carbonyl (C=O) groups excluding carboxylic acids is 1. The first-order chi connectivity index (χ1) is 10.1. The summed E-state index contributed by atoms with van der Waals surface area (Å²) in [5.74, 6) is 1.45. The SMILES string of the molecule is CC(C)(NC(=O)C1CNCCO1)c1ccc2c(c1)O[I-]O2. The molecule has 21 heavy (non-hydrogen) atoms. The Morgan fingerprint density at radius 2 is 2.19 bits per heavy atom. The van der Waals surface area contributed by atoms with Gasteiger partial charge in [-0.2, -0.15) is 0 Å². The molecule has 7 heteroatoms. The number of amides is 1. The van der Waals surface area contributed by atoms with Gasteiger partial charge in [-0.15, -0.1) is 0 Å². The van der Waals surface area contributed by atoms with E-state index < -0.39 is 33.7 Å². The Hall–Kier alpha value is -1.06. The van der Waals surface area contributed by atoms with E-state index in [1.54, 1.807) is 0 Å².